The summed E-state index contributed by atoms with van der Waals surface area (Å²) >= 11 is 0. The van der Waals surface area contributed by atoms with Gasteiger partial charge in [0, 0.05) is 36.1 Å². The van der Waals surface area contributed by atoms with Crippen molar-refractivity contribution in [3.05, 3.63) is 78.7 Å². The molecule has 0 atom stereocenters. The first-order valence-electron chi connectivity index (χ1n) is 11.7. The van der Waals surface area contributed by atoms with Crippen LogP contribution in [-0.4, -0.2) is 50.7 Å². The van der Waals surface area contributed by atoms with Crippen molar-refractivity contribution in [2.24, 2.45) is 5.92 Å². The summed E-state index contributed by atoms with van der Waals surface area (Å²) in [5, 5.41) is 7.19. The lowest BCUT2D eigenvalue weighted by Gasteiger charge is -2.30. The van der Waals surface area contributed by atoms with Crippen molar-refractivity contribution >= 4 is 5.91 Å². The zero-order valence-electron chi connectivity index (χ0n) is 19.6. The predicted molar refractivity (Wildman–Crippen MR) is 130 cm³/mol. The summed E-state index contributed by atoms with van der Waals surface area (Å²) in [6.45, 7) is 2.75. The molecule has 0 aliphatic carbocycles. The van der Waals surface area contributed by atoms with Gasteiger partial charge in [0.2, 0.25) is 17.6 Å². The number of imidazole rings is 1. The van der Waals surface area contributed by atoms with E-state index in [0.29, 0.717) is 24.8 Å². The first kappa shape index (κ1) is 22.8. The van der Waals surface area contributed by atoms with E-state index in [1.165, 1.54) is 0 Å². The molecule has 4 aromatic rings. The summed E-state index contributed by atoms with van der Waals surface area (Å²) in [7, 11) is 1.64. The van der Waals surface area contributed by atoms with Crippen LogP contribution in [0.15, 0.2) is 71.8 Å². The molecule has 9 nitrogen and oxygen atoms in total. The van der Waals surface area contributed by atoms with Crippen LogP contribution in [0.4, 0.5) is 0 Å². The van der Waals surface area contributed by atoms with Crippen molar-refractivity contribution in [2.75, 3.05) is 20.2 Å². The maximum Gasteiger partial charge on any atom is 0.241 e. The van der Waals surface area contributed by atoms with E-state index in [4.69, 9.17) is 9.26 Å². The summed E-state index contributed by atoms with van der Waals surface area (Å²) in [6, 6.07) is 15.7. The molecule has 0 radical (unpaired) electrons. The number of benzene rings is 2. The van der Waals surface area contributed by atoms with Crippen molar-refractivity contribution in [1.29, 1.82) is 0 Å². The van der Waals surface area contributed by atoms with Crippen LogP contribution in [0.2, 0.25) is 0 Å². The van der Waals surface area contributed by atoms with E-state index in [2.05, 4.69) is 25.3 Å². The van der Waals surface area contributed by atoms with Crippen molar-refractivity contribution in [1.82, 2.24) is 29.9 Å². The lowest BCUT2D eigenvalue weighted by atomic mass is 9.96. The molecule has 3 heterocycles. The molecule has 0 unspecified atom stereocenters. The number of hydrogen-bond acceptors (Lipinski definition) is 7. The highest BCUT2D eigenvalue weighted by Crippen LogP contribution is 2.22. The quantitative estimate of drug-likeness (QED) is 0.419. The third-order valence-corrected chi connectivity index (χ3v) is 6.34. The second-order valence-corrected chi connectivity index (χ2v) is 8.64. The second-order valence-electron chi connectivity index (χ2n) is 8.64. The number of methoxy groups -OCH3 is 1. The van der Waals surface area contributed by atoms with Gasteiger partial charge in [-0.2, -0.15) is 4.98 Å². The SMILES string of the molecule is COc1ccc(-c2noc(CN3CCC(C(=O)NCc4ccc(-n5ccnc5)cc4)CC3)n2)cc1. The standard InChI is InChI=1S/C26H28N6O3/c1-34-23-8-4-20(5-9-23)25-29-24(35-30-25)17-31-13-10-21(11-14-31)26(33)28-16-19-2-6-22(7-3-19)32-15-12-27-18-32/h2-9,12,15,18,21H,10-11,13-14,16-17H2,1H3,(H,28,33). The monoisotopic (exact) mass is 472 g/mol. The Labute approximate surface area is 203 Å². The van der Waals surface area contributed by atoms with Crippen LogP contribution in [0.5, 0.6) is 5.75 Å². The number of rotatable bonds is 8. The van der Waals surface area contributed by atoms with Gasteiger partial charge in [-0.1, -0.05) is 17.3 Å². The maximum absolute atomic E-state index is 12.7. The maximum atomic E-state index is 12.7. The number of amides is 1. The zero-order valence-corrected chi connectivity index (χ0v) is 19.6. The first-order valence-corrected chi connectivity index (χ1v) is 11.7. The van der Waals surface area contributed by atoms with E-state index >= 15 is 0 Å². The molecular formula is C26H28N6O3. The molecule has 0 bridgehead atoms. The Kier molecular flexibility index (Phi) is 6.85. The van der Waals surface area contributed by atoms with Crippen LogP contribution in [0.3, 0.4) is 0 Å². The van der Waals surface area contributed by atoms with Gasteiger partial charge in [0.15, 0.2) is 0 Å². The van der Waals surface area contributed by atoms with E-state index in [-0.39, 0.29) is 11.8 Å². The molecule has 1 saturated heterocycles. The summed E-state index contributed by atoms with van der Waals surface area (Å²) in [5.41, 5.74) is 3.00. The van der Waals surface area contributed by atoms with Gasteiger partial charge < -0.3 is 19.1 Å². The molecule has 35 heavy (non-hydrogen) atoms. The molecule has 1 fully saturated rings. The van der Waals surface area contributed by atoms with Gasteiger partial charge >= 0.3 is 0 Å². The van der Waals surface area contributed by atoms with Gasteiger partial charge in [-0.15, -0.1) is 0 Å². The van der Waals surface area contributed by atoms with E-state index < -0.39 is 0 Å². The second kappa shape index (κ2) is 10.5. The van der Waals surface area contributed by atoms with Crippen molar-refractivity contribution < 1.29 is 14.1 Å². The Morgan fingerprint density at radius 2 is 1.89 bits per heavy atom. The minimum absolute atomic E-state index is 0.0222. The van der Waals surface area contributed by atoms with Gasteiger partial charge in [0.25, 0.3) is 0 Å². The molecule has 1 aliphatic rings. The van der Waals surface area contributed by atoms with E-state index in [9.17, 15) is 4.79 Å². The lowest BCUT2D eigenvalue weighted by Crippen LogP contribution is -2.40. The van der Waals surface area contributed by atoms with Crippen LogP contribution < -0.4 is 10.1 Å². The lowest BCUT2D eigenvalue weighted by molar-refractivity contribution is -0.126. The van der Waals surface area contributed by atoms with E-state index in [1.54, 1.807) is 19.6 Å². The molecule has 1 amide bonds. The van der Waals surface area contributed by atoms with Gasteiger partial charge in [0.05, 0.1) is 20.0 Å². The average molecular weight is 473 g/mol. The zero-order chi connectivity index (χ0) is 24.0. The third-order valence-electron chi connectivity index (χ3n) is 6.34. The minimum atomic E-state index is 0.0222. The van der Waals surface area contributed by atoms with Crippen LogP contribution >= 0.6 is 0 Å². The van der Waals surface area contributed by atoms with Crippen LogP contribution in [0, 0.1) is 5.92 Å². The molecule has 9 heteroatoms. The molecular weight excluding hydrogens is 444 g/mol. The summed E-state index contributed by atoms with van der Waals surface area (Å²) < 4.78 is 12.6. The minimum Gasteiger partial charge on any atom is -0.497 e. The summed E-state index contributed by atoms with van der Waals surface area (Å²) in [5.74, 6) is 2.07. The molecule has 2 aromatic carbocycles. The molecule has 1 N–H and O–H groups in total. The van der Waals surface area contributed by atoms with Crippen molar-refractivity contribution in [2.45, 2.75) is 25.9 Å². The fourth-order valence-corrected chi connectivity index (χ4v) is 4.25. The van der Waals surface area contributed by atoms with Gasteiger partial charge in [-0.25, -0.2) is 4.98 Å². The fourth-order valence-electron chi connectivity index (χ4n) is 4.25. The van der Waals surface area contributed by atoms with Gasteiger partial charge in [-0.05, 0) is 67.9 Å². The number of nitrogens with zero attached hydrogens (tertiary/aromatic N) is 5. The first-order chi connectivity index (χ1) is 17.2. The normalized spacial score (nSPS) is 14.7. The Morgan fingerprint density at radius 1 is 1.11 bits per heavy atom. The molecule has 0 spiro atoms. The number of aromatic nitrogens is 4. The van der Waals surface area contributed by atoms with Crippen LogP contribution in [0.25, 0.3) is 17.1 Å². The Bertz CT molecular complexity index is 1230. The average Bonchev–Trinajstić information content (AvgIpc) is 3.61. The summed E-state index contributed by atoms with van der Waals surface area (Å²) in [4.78, 5) is 23.5. The number of hydrogen-bond donors (Lipinski definition) is 1. The Hall–Kier alpha value is -3.98. The molecule has 180 valence electrons. The third kappa shape index (κ3) is 5.58. The predicted octanol–water partition coefficient (Wildman–Crippen LogP) is 3.46. The highest BCUT2D eigenvalue weighted by molar-refractivity contribution is 5.78. The number of piperidine rings is 1. The molecule has 1 aliphatic heterocycles. The van der Waals surface area contributed by atoms with E-state index in [0.717, 1.165) is 48.5 Å². The molecule has 5 rings (SSSR count). The molecule has 2 aromatic heterocycles. The Balaban J connectivity index is 1.07. The number of nitrogens with one attached hydrogen (secondary N) is 1. The number of carbonyl (C=O) groups is 1. The topological polar surface area (TPSA) is 98.3 Å². The highest BCUT2D eigenvalue weighted by Gasteiger charge is 2.26. The van der Waals surface area contributed by atoms with Crippen LogP contribution in [0.1, 0.15) is 24.3 Å². The van der Waals surface area contributed by atoms with Gasteiger partial charge in [-0.3, -0.25) is 9.69 Å². The highest BCUT2D eigenvalue weighted by atomic mass is 16.5. The van der Waals surface area contributed by atoms with Crippen molar-refractivity contribution in [3.63, 3.8) is 0 Å². The van der Waals surface area contributed by atoms with E-state index in [1.807, 2.05) is 59.3 Å². The largest absolute Gasteiger partial charge is 0.497 e. The van der Waals surface area contributed by atoms with Crippen LogP contribution in [-0.2, 0) is 17.9 Å². The fraction of sp³-hybridized carbons (Fsp3) is 0.308. The number of carbonyl (C=O) groups excluding carboxylic acids is 1. The number of ether oxygens (including phenoxy) is 1. The van der Waals surface area contributed by atoms with Gasteiger partial charge in [0.1, 0.15) is 5.75 Å². The smallest absolute Gasteiger partial charge is 0.241 e. The number of likely N-dealkylation sites (tertiary alicyclic amines) is 1. The Morgan fingerprint density at radius 3 is 2.57 bits per heavy atom. The summed E-state index contributed by atoms with van der Waals surface area (Å²) in [6.07, 6.45) is 7.04. The molecule has 0 saturated carbocycles. The van der Waals surface area contributed by atoms with Crippen molar-refractivity contribution in [3.8, 4) is 22.8 Å².